The van der Waals surface area contributed by atoms with Crippen molar-refractivity contribution in [2.24, 2.45) is 0 Å². The first-order valence-electron chi connectivity index (χ1n) is 28.2. The fraction of sp³-hybridized carbons (Fsp3) is 0.694. The van der Waals surface area contributed by atoms with Gasteiger partial charge in [0, 0.05) is 19.3 Å². The molecule has 6 nitrogen and oxygen atoms in total. The van der Waals surface area contributed by atoms with Crippen molar-refractivity contribution in [2.75, 3.05) is 13.2 Å². The summed E-state index contributed by atoms with van der Waals surface area (Å²) in [6.45, 7) is 6.44. The van der Waals surface area contributed by atoms with Crippen molar-refractivity contribution in [3.63, 3.8) is 0 Å². The van der Waals surface area contributed by atoms with E-state index in [1.807, 2.05) is 0 Å². The highest BCUT2D eigenvalue weighted by molar-refractivity contribution is 5.71. The Morgan fingerprint density at radius 3 is 0.971 bits per heavy atom. The number of carbonyl (C=O) groups is 3. The maximum Gasteiger partial charge on any atom is 0.306 e. The number of ether oxygens (including phenoxy) is 3. The number of esters is 3. The molecule has 6 heteroatoms. The van der Waals surface area contributed by atoms with Crippen LogP contribution >= 0.6 is 0 Å². The van der Waals surface area contributed by atoms with Crippen molar-refractivity contribution in [3.05, 3.63) is 97.2 Å². The third-order valence-electron chi connectivity index (χ3n) is 11.8. The molecule has 0 saturated carbocycles. The lowest BCUT2D eigenvalue weighted by Gasteiger charge is -2.18. The second-order valence-electron chi connectivity index (χ2n) is 18.5. The Bertz CT molecular complexity index is 1360. The molecule has 0 rings (SSSR count). The average molecular weight is 946 g/mol. The number of hydrogen-bond donors (Lipinski definition) is 0. The summed E-state index contributed by atoms with van der Waals surface area (Å²) in [5.41, 5.74) is 0. The zero-order valence-corrected chi connectivity index (χ0v) is 44.3. The summed E-state index contributed by atoms with van der Waals surface area (Å²) in [7, 11) is 0. The van der Waals surface area contributed by atoms with Crippen LogP contribution in [0.4, 0.5) is 0 Å². The van der Waals surface area contributed by atoms with E-state index in [1.54, 1.807) is 0 Å². The molecule has 0 aliphatic carbocycles. The maximum absolute atomic E-state index is 12.8. The van der Waals surface area contributed by atoms with Gasteiger partial charge in [-0.25, -0.2) is 0 Å². The summed E-state index contributed by atoms with van der Waals surface area (Å²) >= 11 is 0. The number of hydrogen-bond acceptors (Lipinski definition) is 6. The molecule has 0 bridgehead atoms. The highest BCUT2D eigenvalue weighted by Gasteiger charge is 2.19. The molecule has 0 spiro atoms. The lowest BCUT2D eigenvalue weighted by Crippen LogP contribution is -2.30. The summed E-state index contributed by atoms with van der Waals surface area (Å²) in [5, 5.41) is 0. The van der Waals surface area contributed by atoms with E-state index < -0.39 is 6.10 Å². The van der Waals surface area contributed by atoms with Crippen LogP contribution in [0.15, 0.2) is 97.2 Å². The molecule has 0 heterocycles. The zero-order valence-electron chi connectivity index (χ0n) is 44.3. The van der Waals surface area contributed by atoms with Crippen molar-refractivity contribution >= 4 is 17.9 Å². The van der Waals surface area contributed by atoms with Gasteiger partial charge in [-0.05, 0) is 96.3 Å². The number of unbranched alkanes of at least 4 members (excludes halogenated alkanes) is 23. The molecule has 0 aliphatic rings. The molecule has 0 saturated heterocycles. The van der Waals surface area contributed by atoms with E-state index >= 15 is 0 Å². The van der Waals surface area contributed by atoms with Crippen LogP contribution in [-0.2, 0) is 28.6 Å². The van der Waals surface area contributed by atoms with Crippen molar-refractivity contribution in [3.8, 4) is 0 Å². The first-order valence-corrected chi connectivity index (χ1v) is 28.2. The third kappa shape index (κ3) is 53.3. The molecule has 68 heavy (non-hydrogen) atoms. The topological polar surface area (TPSA) is 78.9 Å². The Kier molecular flexibility index (Phi) is 52.9. The van der Waals surface area contributed by atoms with Crippen LogP contribution < -0.4 is 0 Å². The Morgan fingerprint density at radius 2 is 0.603 bits per heavy atom. The van der Waals surface area contributed by atoms with Gasteiger partial charge in [0.15, 0.2) is 6.10 Å². The van der Waals surface area contributed by atoms with Gasteiger partial charge in [0.1, 0.15) is 13.2 Å². The fourth-order valence-electron chi connectivity index (χ4n) is 7.60. The first-order chi connectivity index (χ1) is 33.5. The summed E-state index contributed by atoms with van der Waals surface area (Å²) in [6, 6.07) is 0. The monoisotopic (exact) mass is 945 g/mol. The first kappa shape index (κ1) is 64.3. The molecule has 0 aromatic heterocycles. The summed E-state index contributed by atoms with van der Waals surface area (Å²) in [5.74, 6) is -0.915. The van der Waals surface area contributed by atoms with Gasteiger partial charge in [0.2, 0.25) is 0 Å². The van der Waals surface area contributed by atoms with Gasteiger partial charge in [0.05, 0.1) is 0 Å². The Labute approximate surface area is 419 Å². The van der Waals surface area contributed by atoms with E-state index in [0.29, 0.717) is 19.3 Å². The SMILES string of the molecule is CC/C=C\C/C=C\C/C=C\C/C=C\C/C=C\C/C=C\C/C=C\CCCCCCCC(=O)OCC(COC(=O)CCCCCCC/C=C\CCC)OC(=O)CCCCCCCCCCCCCCC. The molecule has 0 aromatic carbocycles. The predicted molar refractivity (Wildman–Crippen MR) is 293 cm³/mol. The zero-order chi connectivity index (χ0) is 49.3. The van der Waals surface area contributed by atoms with Gasteiger partial charge in [0.25, 0.3) is 0 Å². The number of allylic oxidation sites excluding steroid dienone is 16. The van der Waals surface area contributed by atoms with Crippen molar-refractivity contribution in [2.45, 2.75) is 264 Å². The highest BCUT2D eigenvalue weighted by Crippen LogP contribution is 2.15. The van der Waals surface area contributed by atoms with Gasteiger partial charge < -0.3 is 14.2 Å². The highest BCUT2D eigenvalue weighted by atomic mass is 16.6. The molecule has 1 atom stereocenters. The Hall–Kier alpha value is -3.67. The van der Waals surface area contributed by atoms with Gasteiger partial charge in [-0.1, -0.05) is 240 Å². The van der Waals surface area contributed by atoms with Crippen LogP contribution in [0.5, 0.6) is 0 Å². The van der Waals surface area contributed by atoms with E-state index in [0.717, 1.165) is 135 Å². The van der Waals surface area contributed by atoms with Gasteiger partial charge in [-0.2, -0.15) is 0 Å². The van der Waals surface area contributed by atoms with Crippen molar-refractivity contribution in [1.82, 2.24) is 0 Å². The largest absolute Gasteiger partial charge is 0.462 e. The van der Waals surface area contributed by atoms with E-state index in [4.69, 9.17) is 14.2 Å². The number of rotatable bonds is 50. The van der Waals surface area contributed by atoms with E-state index in [9.17, 15) is 14.4 Å². The van der Waals surface area contributed by atoms with Crippen LogP contribution in [-0.4, -0.2) is 37.2 Å². The van der Waals surface area contributed by atoms with Gasteiger partial charge in [-0.15, -0.1) is 0 Å². The summed E-state index contributed by atoms with van der Waals surface area (Å²) in [4.78, 5) is 38.0. The summed E-state index contributed by atoms with van der Waals surface area (Å²) in [6.07, 6.45) is 74.0. The molecule has 388 valence electrons. The molecular weight excluding hydrogens is 841 g/mol. The van der Waals surface area contributed by atoms with E-state index in [2.05, 4.69) is 118 Å². The predicted octanol–water partition coefficient (Wildman–Crippen LogP) is 18.9. The molecule has 0 radical (unpaired) electrons. The standard InChI is InChI=1S/C62H104O6/c1-4-7-10-13-16-19-22-24-25-26-27-28-29-30-31-32-33-34-35-36-37-39-40-43-46-49-52-55-61(64)67-58-59(57-66-60(63)54-51-48-45-42-21-18-15-12-9-6-3)68-62(65)56-53-50-47-44-41-38-23-20-17-14-11-8-5-2/h7,10,12,15-16,19,24-25,27-28,30-31,33-34,36-37,59H,4-6,8-9,11,13-14,17-18,20-23,26,29,32,35,38-58H2,1-3H3/b10-7-,15-12-,19-16-,25-24-,28-27-,31-30-,34-33-,37-36-. The van der Waals surface area contributed by atoms with Crippen molar-refractivity contribution < 1.29 is 28.6 Å². The van der Waals surface area contributed by atoms with Crippen LogP contribution in [0, 0.1) is 0 Å². The van der Waals surface area contributed by atoms with Gasteiger partial charge >= 0.3 is 17.9 Å². The normalized spacial score (nSPS) is 12.8. The van der Waals surface area contributed by atoms with Crippen LogP contribution in [0.3, 0.4) is 0 Å². The second-order valence-corrected chi connectivity index (χ2v) is 18.5. The minimum Gasteiger partial charge on any atom is -0.462 e. The van der Waals surface area contributed by atoms with Crippen LogP contribution in [0.25, 0.3) is 0 Å². The fourth-order valence-corrected chi connectivity index (χ4v) is 7.60. The third-order valence-corrected chi connectivity index (χ3v) is 11.8. The minimum absolute atomic E-state index is 0.0869. The number of carbonyl (C=O) groups excluding carboxylic acids is 3. The smallest absolute Gasteiger partial charge is 0.306 e. The molecule has 0 fully saturated rings. The molecule has 0 aromatic rings. The quantitative estimate of drug-likeness (QED) is 0.0262. The van der Waals surface area contributed by atoms with Crippen LogP contribution in [0.1, 0.15) is 258 Å². The van der Waals surface area contributed by atoms with Crippen LogP contribution in [0.2, 0.25) is 0 Å². The molecular formula is C62H104O6. The molecule has 0 amide bonds. The Morgan fingerprint density at radius 1 is 0.309 bits per heavy atom. The average Bonchev–Trinajstić information content (AvgIpc) is 3.34. The minimum atomic E-state index is -0.787. The van der Waals surface area contributed by atoms with Crippen molar-refractivity contribution in [1.29, 1.82) is 0 Å². The lowest BCUT2D eigenvalue weighted by molar-refractivity contribution is -0.167. The molecule has 1 unspecified atom stereocenters. The maximum atomic E-state index is 12.8. The van der Waals surface area contributed by atoms with Gasteiger partial charge in [-0.3, -0.25) is 14.4 Å². The second kappa shape index (κ2) is 55.9. The molecule has 0 N–H and O–H groups in total. The Balaban J connectivity index is 4.30. The van der Waals surface area contributed by atoms with E-state index in [-0.39, 0.29) is 31.1 Å². The lowest BCUT2D eigenvalue weighted by atomic mass is 10.0. The molecule has 0 aliphatic heterocycles. The van der Waals surface area contributed by atoms with E-state index in [1.165, 1.54) is 83.5 Å². The summed E-state index contributed by atoms with van der Waals surface area (Å²) < 4.78 is 16.8.